The highest BCUT2D eigenvalue weighted by Gasteiger charge is 1.88. The van der Waals surface area contributed by atoms with E-state index in [1.54, 1.807) is 0 Å². The fourth-order valence-electron chi connectivity index (χ4n) is 1.48. The van der Waals surface area contributed by atoms with Crippen LogP contribution >= 0.6 is 0 Å². The van der Waals surface area contributed by atoms with Gasteiger partial charge in [-0.05, 0) is 25.7 Å². The molecule has 0 saturated carbocycles. The predicted octanol–water partition coefficient (Wildman–Crippen LogP) is 4.36. The highest BCUT2D eigenvalue weighted by Crippen LogP contribution is 2.06. The molecule has 83 valence electrons. The first-order valence-corrected chi connectivity index (χ1v) is 6.21. The van der Waals surface area contributed by atoms with E-state index in [2.05, 4.69) is 19.1 Å². The molecule has 0 aromatic carbocycles. The second-order valence-corrected chi connectivity index (χ2v) is 3.92. The van der Waals surface area contributed by atoms with Crippen molar-refractivity contribution in [2.45, 2.75) is 64.7 Å². The summed E-state index contributed by atoms with van der Waals surface area (Å²) >= 11 is 0. The van der Waals surface area contributed by atoms with E-state index in [4.69, 9.17) is 5.73 Å². The molecule has 0 aliphatic heterocycles. The summed E-state index contributed by atoms with van der Waals surface area (Å²) in [4.78, 5) is 0. The monoisotopic (exact) mass is 196 g/mol. The average molecular weight is 196 g/mol. The molecule has 0 heterocycles. The van der Waals surface area contributed by atoms with Gasteiger partial charge in [0.05, 0.1) is 0 Å². The third-order valence-corrected chi connectivity index (χ3v) is 2.44. The Bertz CT molecular complexity index is 118. The Kier molecular flexibility index (Phi) is 12.4. The Morgan fingerprint density at radius 3 is 2.00 bits per heavy atom. The van der Waals surface area contributed by atoms with Crippen molar-refractivity contribution in [3.05, 3.63) is 12.2 Å². The molecule has 0 amide bonds. The molecule has 0 fully saturated rings. The third-order valence-electron chi connectivity index (χ3n) is 2.44. The number of allylic oxidation sites excluding steroid dienone is 2. The molecular weight excluding hydrogens is 170 g/mol. The summed E-state index contributed by atoms with van der Waals surface area (Å²) in [6, 6.07) is 0. The molecule has 1 radical (unpaired) electrons. The predicted molar refractivity (Wildman–Crippen MR) is 64.3 cm³/mol. The van der Waals surface area contributed by atoms with Crippen LogP contribution in [0.5, 0.6) is 0 Å². The van der Waals surface area contributed by atoms with Gasteiger partial charge in [-0.25, -0.2) is 0 Å². The van der Waals surface area contributed by atoms with Crippen LogP contribution in [0.15, 0.2) is 12.2 Å². The second kappa shape index (κ2) is 12.7. The Balaban J connectivity index is 2.94. The van der Waals surface area contributed by atoms with Crippen molar-refractivity contribution in [3.8, 4) is 0 Å². The third kappa shape index (κ3) is 11.7. The fraction of sp³-hybridized carbons (Fsp3) is 0.846. The quantitative estimate of drug-likeness (QED) is 0.366. The van der Waals surface area contributed by atoms with Gasteiger partial charge >= 0.3 is 0 Å². The summed E-state index contributed by atoms with van der Waals surface area (Å²) in [7, 11) is 0. The molecule has 0 aliphatic rings. The van der Waals surface area contributed by atoms with Crippen LogP contribution in [0.2, 0.25) is 0 Å². The molecule has 0 aromatic rings. The van der Waals surface area contributed by atoms with Gasteiger partial charge in [0.1, 0.15) is 0 Å². The van der Waals surface area contributed by atoms with Crippen molar-refractivity contribution in [1.29, 1.82) is 0 Å². The molecule has 0 saturated heterocycles. The van der Waals surface area contributed by atoms with E-state index in [0.717, 1.165) is 6.42 Å². The number of rotatable bonds is 10. The van der Waals surface area contributed by atoms with E-state index < -0.39 is 0 Å². The molecule has 0 rings (SSSR count). The topological polar surface area (TPSA) is 23.8 Å². The van der Waals surface area contributed by atoms with Crippen LogP contribution in [0.1, 0.15) is 64.7 Å². The van der Waals surface area contributed by atoms with Gasteiger partial charge in [-0.15, -0.1) is 0 Å². The molecule has 0 bridgehead atoms. The molecule has 0 aromatic heterocycles. The SMILES string of the molecule is CCCCC=CCCCCCCC[NH]. The van der Waals surface area contributed by atoms with E-state index in [-0.39, 0.29) is 0 Å². The molecule has 0 aliphatic carbocycles. The lowest BCUT2D eigenvalue weighted by Crippen LogP contribution is -1.85. The standard InChI is InChI=1S/C13H26N/c1-2-3-4-5-6-7-8-9-10-11-12-13-14/h5-6,14H,2-4,7-13H2,1H3. The maximum atomic E-state index is 7.00. The van der Waals surface area contributed by atoms with Crippen LogP contribution in [0.25, 0.3) is 0 Å². The Morgan fingerprint density at radius 1 is 0.786 bits per heavy atom. The maximum absolute atomic E-state index is 7.00. The second-order valence-electron chi connectivity index (χ2n) is 3.92. The van der Waals surface area contributed by atoms with Crippen LogP contribution < -0.4 is 5.73 Å². The number of nitrogens with one attached hydrogen (secondary N) is 1. The van der Waals surface area contributed by atoms with Crippen LogP contribution in [0, 0.1) is 0 Å². The lowest BCUT2D eigenvalue weighted by Gasteiger charge is -1.97. The molecule has 1 heteroatoms. The summed E-state index contributed by atoms with van der Waals surface area (Å²) in [5.41, 5.74) is 7.00. The van der Waals surface area contributed by atoms with Gasteiger partial charge in [-0.3, -0.25) is 5.73 Å². The van der Waals surface area contributed by atoms with E-state index in [1.807, 2.05) is 0 Å². The average Bonchev–Trinajstić information content (AvgIpc) is 2.21. The first kappa shape index (κ1) is 13.7. The molecule has 0 unspecified atom stereocenters. The molecule has 0 spiro atoms. The minimum Gasteiger partial charge on any atom is -0.258 e. The van der Waals surface area contributed by atoms with Gasteiger partial charge in [0, 0.05) is 6.54 Å². The lowest BCUT2D eigenvalue weighted by atomic mass is 10.1. The summed E-state index contributed by atoms with van der Waals surface area (Å²) in [5.74, 6) is 0. The number of hydrogen-bond acceptors (Lipinski definition) is 0. The van der Waals surface area contributed by atoms with Gasteiger partial charge in [0.15, 0.2) is 0 Å². The number of unbranched alkanes of at least 4 members (excludes halogenated alkanes) is 7. The zero-order valence-corrected chi connectivity index (χ0v) is 9.73. The van der Waals surface area contributed by atoms with Crippen molar-refractivity contribution in [1.82, 2.24) is 5.73 Å². The van der Waals surface area contributed by atoms with Gasteiger partial charge in [0.2, 0.25) is 0 Å². The van der Waals surface area contributed by atoms with Crippen molar-refractivity contribution >= 4 is 0 Å². The maximum Gasteiger partial charge on any atom is 0.00997 e. The summed E-state index contributed by atoms with van der Waals surface area (Å²) < 4.78 is 0. The van der Waals surface area contributed by atoms with Crippen LogP contribution in [-0.4, -0.2) is 6.54 Å². The minimum absolute atomic E-state index is 0.608. The normalized spacial score (nSPS) is 11.3. The Labute approximate surface area is 89.8 Å². The van der Waals surface area contributed by atoms with E-state index >= 15 is 0 Å². The zero-order valence-electron chi connectivity index (χ0n) is 9.73. The van der Waals surface area contributed by atoms with Crippen molar-refractivity contribution in [2.24, 2.45) is 0 Å². The van der Waals surface area contributed by atoms with Crippen molar-refractivity contribution in [3.63, 3.8) is 0 Å². The summed E-state index contributed by atoms with van der Waals surface area (Å²) in [6.07, 6.45) is 16.2. The van der Waals surface area contributed by atoms with E-state index in [9.17, 15) is 0 Å². The smallest absolute Gasteiger partial charge is 0.00997 e. The fourth-order valence-corrected chi connectivity index (χ4v) is 1.48. The van der Waals surface area contributed by atoms with Crippen LogP contribution in [0.3, 0.4) is 0 Å². The molecule has 1 nitrogen and oxygen atoms in total. The van der Waals surface area contributed by atoms with Crippen molar-refractivity contribution < 1.29 is 0 Å². The van der Waals surface area contributed by atoms with Gasteiger partial charge < -0.3 is 0 Å². The highest BCUT2D eigenvalue weighted by atomic mass is 14.5. The van der Waals surface area contributed by atoms with Gasteiger partial charge in [-0.1, -0.05) is 51.2 Å². The highest BCUT2D eigenvalue weighted by molar-refractivity contribution is 4.80. The molecule has 1 N–H and O–H groups in total. The molecular formula is C13H26N. The Hall–Kier alpha value is -0.300. The van der Waals surface area contributed by atoms with Gasteiger partial charge in [-0.2, -0.15) is 0 Å². The van der Waals surface area contributed by atoms with E-state index in [1.165, 1.54) is 51.4 Å². The minimum atomic E-state index is 0.608. The Morgan fingerprint density at radius 2 is 1.36 bits per heavy atom. The summed E-state index contributed by atoms with van der Waals surface area (Å²) in [6.45, 7) is 2.84. The number of hydrogen-bond donors (Lipinski definition) is 0. The molecule has 0 atom stereocenters. The van der Waals surface area contributed by atoms with Crippen LogP contribution in [-0.2, 0) is 0 Å². The lowest BCUT2D eigenvalue weighted by molar-refractivity contribution is 0.619. The molecule has 14 heavy (non-hydrogen) atoms. The van der Waals surface area contributed by atoms with Crippen molar-refractivity contribution in [2.75, 3.05) is 6.54 Å². The van der Waals surface area contributed by atoms with Crippen LogP contribution in [0.4, 0.5) is 0 Å². The van der Waals surface area contributed by atoms with Gasteiger partial charge in [0.25, 0.3) is 0 Å². The largest absolute Gasteiger partial charge is 0.258 e. The summed E-state index contributed by atoms with van der Waals surface area (Å²) in [5, 5.41) is 0. The zero-order chi connectivity index (χ0) is 10.5. The van der Waals surface area contributed by atoms with E-state index in [0.29, 0.717) is 6.54 Å². The first-order valence-electron chi connectivity index (χ1n) is 6.21. The first-order chi connectivity index (χ1) is 6.91.